The van der Waals surface area contributed by atoms with E-state index in [-0.39, 0.29) is 35.9 Å². The van der Waals surface area contributed by atoms with Gasteiger partial charge >= 0.3 is 0 Å². The van der Waals surface area contributed by atoms with Crippen LogP contribution in [0.1, 0.15) is 44.2 Å². The van der Waals surface area contributed by atoms with Gasteiger partial charge in [0.25, 0.3) is 0 Å². The van der Waals surface area contributed by atoms with E-state index in [1.165, 1.54) is 0 Å². The molecule has 1 saturated carbocycles. The number of carbonyl (C=O) groups excluding carboxylic acids is 1. The first kappa shape index (κ1) is 22.3. The minimum Gasteiger partial charge on any atom is -0.356 e. The normalized spacial score (nSPS) is 15.1. The van der Waals surface area contributed by atoms with Crippen molar-refractivity contribution in [3.05, 3.63) is 33.8 Å². The number of hydrogen-bond acceptors (Lipinski definition) is 2. The van der Waals surface area contributed by atoms with Crippen LogP contribution in [-0.4, -0.2) is 31.5 Å². The summed E-state index contributed by atoms with van der Waals surface area (Å²) < 4.78 is 0. The Morgan fingerprint density at radius 1 is 1.36 bits per heavy atom. The van der Waals surface area contributed by atoms with Crippen molar-refractivity contribution in [3.8, 4) is 0 Å². The largest absolute Gasteiger partial charge is 0.356 e. The molecule has 1 aliphatic rings. The zero-order valence-corrected chi connectivity index (χ0v) is 18.3. The lowest BCUT2D eigenvalue weighted by atomic mass is 10.1. The maximum Gasteiger partial charge on any atom is 0.220 e. The fourth-order valence-electron chi connectivity index (χ4n) is 2.31. The summed E-state index contributed by atoms with van der Waals surface area (Å²) in [4.78, 5) is 15.8. The highest BCUT2D eigenvalue weighted by Gasteiger charge is 2.22. The molecule has 1 aromatic carbocycles. The van der Waals surface area contributed by atoms with Crippen molar-refractivity contribution in [1.29, 1.82) is 0 Å². The van der Waals surface area contributed by atoms with Crippen molar-refractivity contribution >= 4 is 59.0 Å². The summed E-state index contributed by atoms with van der Waals surface area (Å²) >= 11 is 12.2. The van der Waals surface area contributed by atoms with E-state index in [2.05, 4.69) is 20.9 Å². The third-order valence-corrected chi connectivity index (χ3v) is 4.38. The molecule has 1 aliphatic carbocycles. The molecule has 1 aromatic rings. The number of carbonyl (C=O) groups is 1. The molecule has 0 saturated heterocycles. The third kappa shape index (κ3) is 8.00. The summed E-state index contributed by atoms with van der Waals surface area (Å²) in [6.07, 6.45) is 3.52. The van der Waals surface area contributed by atoms with Gasteiger partial charge in [-0.15, -0.1) is 24.0 Å². The Labute approximate surface area is 176 Å². The van der Waals surface area contributed by atoms with Gasteiger partial charge in [0.15, 0.2) is 5.96 Å². The maximum absolute atomic E-state index is 11.6. The number of rotatable bonds is 7. The van der Waals surface area contributed by atoms with E-state index in [1.807, 2.05) is 19.1 Å². The third-order valence-electron chi connectivity index (χ3n) is 3.82. The van der Waals surface area contributed by atoms with Crippen LogP contribution in [0, 0.1) is 0 Å². The van der Waals surface area contributed by atoms with Crippen molar-refractivity contribution in [2.75, 3.05) is 13.6 Å². The van der Waals surface area contributed by atoms with Crippen LogP contribution in [0.3, 0.4) is 0 Å². The van der Waals surface area contributed by atoms with E-state index < -0.39 is 0 Å². The van der Waals surface area contributed by atoms with Crippen molar-refractivity contribution < 1.29 is 4.79 Å². The monoisotopic (exact) mass is 498 g/mol. The van der Waals surface area contributed by atoms with Crippen LogP contribution in [0.15, 0.2) is 23.2 Å². The number of amides is 1. The second kappa shape index (κ2) is 11.1. The Hall–Kier alpha value is -0.730. The van der Waals surface area contributed by atoms with Gasteiger partial charge in [-0.25, -0.2) is 0 Å². The van der Waals surface area contributed by atoms with E-state index in [9.17, 15) is 4.79 Å². The minimum absolute atomic E-state index is 0. The zero-order chi connectivity index (χ0) is 17.5. The van der Waals surface area contributed by atoms with Gasteiger partial charge in [-0.05, 0) is 43.9 Å². The van der Waals surface area contributed by atoms with E-state index in [0.29, 0.717) is 35.0 Å². The van der Waals surface area contributed by atoms with E-state index >= 15 is 0 Å². The molecular weight excluding hydrogens is 474 g/mol. The Morgan fingerprint density at radius 2 is 2.08 bits per heavy atom. The van der Waals surface area contributed by atoms with Crippen LogP contribution in [0.4, 0.5) is 0 Å². The lowest BCUT2D eigenvalue weighted by molar-refractivity contribution is -0.121. The van der Waals surface area contributed by atoms with Gasteiger partial charge in [0.2, 0.25) is 5.91 Å². The fourth-order valence-corrected chi connectivity index (χ4v) is 2.89. The first-order valence-corrected chi connectivity index (χ1v) is 8.96. The Balaban J connectivity index is 0.00000312. The molecule has 2 rings (SSSR count). The fraction of sp³-hybridized carbons (Fsp3) is 0.529. The molecule has 0 spiro atoms. The summed E-state index contributed by atoms with van der Waals surface area (Å²) in [5.41, 5.74) is 0.952. The quantitative estimate of drug-likeness (QED) is 0.231. The van der Waals surface area contributed by atoms with Crippen molar-refractivity contribution in [1.82, 2.24) is 16.0 Å². The Kier molecular flexibility index (Phi) is 9.89. The average molecular weight is 499 g/mol. The minimum atomic E-state index is -0.0147. The molecule has 1 fully saturated rings. The predicted molar refractivity (Wildman–Crippen MR) is 115 cm³/mol. The van der Waals surface area contributed by atoms with Gasteiger partial charge in [-0.1, -0.05) is 29.3 Å². The Bertz CT molecular complexity index is 608. The number of nitrogens with one attached hydrogen (secondary N) is 3. The molecule has 0 radical (unpaired) electrons. The van der Waals surface area contributed by atoms with Crippen LogP contribution >= 0.6 is 47.2 Å². The van der Waals surface area contributed by atoms with E-state index in [1.54, 1.807) is 13.1 Å². The van der Waals surface area contributed by atoms with Crippen LogP contribution < -0.4 is 16.0 Å². The molecule has 25 heavy (non-hydrogen) atoms. The number of hydrogen-bond donors (Lipinski definition) is 3. The molecule has 0 heterocycles. The molecule has 0 aromatic heterocycles. The molecule has 8 heteroatoms. The summed E-state index contributed by atoms with van der Waals surface area (Å²) in [5, 5.41) is 10.7. The molecular formula is C17H25Cl2IN4O. The predicted octanol–water partition coefficient (Wildman–Crippen LogP) is 3.90. The van der Waals surface area contributed by atoms with Crippen molar-refractivity contribution in [2.45, 2.75) is 44.7 Å². The number of halogens is 3. The summed E-state index contributed by atoms with van der Waals surface area (Å²) in [5.74, 6) is 0.805. The first-order chi connectivity index (χ1) is 11.5. The second-order valence-corrected chi connectivity index (χ2v) is 6.82. The van der Waals surface area contributed by atoms with Crippen LogP contribution in [0.25, 0.3) is 0 Å². The van der Waals surface area contributed by atoms with Gasteiger partial charge in [0, 0.05) is 36.1 Å². The van der Waals surface area contributed by atoms with Gasteiger partial charge in [-0.2, -0.15) is 0 Å². The second-order valence-electron chi connectivity index (χ2n) is 5.98. The van der Waals surface area contributed by atoms with E-state index in [4.69, 9.17) is 23.2 Å². The molecule has 5 nitrogen and oxygen atoms in total. The highest BCUT2D eigenvalue weighted by molar-refractivity contribution is 14.0. The summed E-state index contributed by atoms with van der Waals surface area (Å²) in [6, 6.07) is 5.85. The standard InChI is InChI=1S/C17H24Cl2N4O.HI/c1-11(14-8-5-12(18)10-15(14)19)22-17(20-2)21-9-3-4-16(24)23-13-6-7-13;/h5,8,10-11,13H,3-4,6-7,9H2,1-2H3,(H,23,24)(H2,20,21,22);1H. The molecule has 1 unspecified atom stereocenters. The molecule has 3 N–H and O–H groups in total. The van der Waals surface area contributed by atoms with Crippen molar-refractivity contribution in [2.24, 2.45) is 4.99 Å². The van der Waals surface area contributed by atoms with Crippen molar-refractivity contribution in [3.63, 3.8) is 0 Å². The first-order valence-electron chi connectivity index (χ1n) is 8.21. The maximum atomic E-state index is 11.6. The molecule has 140 valence electrons. The molecule has 1 atom stereocenters. The van der Waals surface area contributed by atoms with Gasteiger partial charge in [0.1, 0.15) is 0 Å². The lowest BCUT2D eigenvalue weighted by Crippen LogP contribution is -2.39. The van der Waals surface area contributed by atoms with Gasteiger partial charge in [0.05, 0.1) is 6.04 Å². The molecule has 1 amide bonds. The number of benzene rings is 1. The SMILES string of the molecule is CN=C(NCCCC(=O)NC1CC1)NC(C)c1ccc(Cl)cc1Cl.I. The molecule has 0 bridgehead atoms. The smallest absolute Gasteiger partial charge is 0.220 e. The highest BCUT2D eigenvalue weighted by Crippen LogP contribution is 2.26. The molecule has 0 aliphatic heterocycles. The zero-order valence-electron chi connectivity index (χ0n) is 14.4. The average Bonchev–Trinajstić information content (AvgIpc) is 3.33. The highest BCUT2D eigenvalue weighted by atomic mass is 127. The number of nitrogens with zero attached hydrogens (tertiary/aromatic N) is 1. The lowest BCUT2D eigenvalue weighted by Gasteiger charge is -2.19. The van der Waals surface area contributed by atoms with Crippen LogP contribution in [0.5, 0.6) is 0 Å². The Morgan fingerprint density at radius 3 is 2.68 bits per heavy atom. The summed E-state index contributed by atoms with van der Waals surface area (Å²) in [6.45, 7) is 2.68. The van der Waals surface area contributed by atoms with Gasteiger partial charge < -0.3 is 16.0 Å². The number of aliphatic imine (C=N–C) groups is 1. The van der Waals surface area contributed by atoms with Crippen LogP contribution in [-0.2, 0) is 4.79 Å². The van der Waals surface area contributed by atoms with Gasteiger partial charge in [-0.3, -0.25) is 9.79 Å². The summed E-state index contributed by atoms with van der Waals surface area (Å²) in [7, 11) is 1.71. The number of guanidine groups is 1. The van der Waals surface area contributed by atoms with E-state index in [0.717, 1.165) is 24.8 Å². The van der Waals surface area contributed by atoms with Crippen LogP contribution in [0.2, 0.25) is 10.0 Å². The topological polar surface area (TPSA) is 65.5 Å².